The molecule has 2 aromatic rings. The van der Waals surface area contributed by atoms with E-state index in [-0.39, 0.29) is 5.57 Å². The van der Waals surface area contributed by atoms with E-state index in [1.807, 2.05) is 37.3 Å². The maximum Gasteiger partial charge on any atom is 0.266 e. The molecule has 0 aliphatic heterocycles. The highest BCUT2D eigenvalue weighted by molar-refractivity contribution is 6.09. The van der Waals surface area contributed by atoms with Gasteiger partial charge in [-0.15, -0.1) is 0 Å². The molecule has 0 saturated heterocycles. The molecule has 2 rings (SSSR count). The average molecular weight is 408 g/mol. The van der Waals surface area contributed by atoms with Crippen molar-refractivity contribution in [1.82, 2.24) is 0 Å². The van der Waals surface area contributed by atoms with Gasteiger partial charge in [-0.25, -0.2) is 0 Å². The number of benzene rings is 2. The van der Waals surface area contributed by atoms with Crippen LogP contribution in [0, 0.1) is 11.3 Å². The standard InChI is InChI=1S/C24H28N2O4/c1-5-7-8-17-9-11-20(12-10-17)26-24(27)19(16-25)13-18-14-21(28-3)23(30-6-2)22(15-18)29-4/h9-15H,5-8H2,1-4H3,(H,26,27)/b19-13-. The highest BCUT2D eigenvalue weighted by Crippen LogP contribution is 2.39. The Kier molecular flexibility index (Phi) is 8.76. The molecule has 1 amide bonds. The largest absolute Gasteiger partial charge is 0.493 e. The van der Waals surface area contributed by atoms with Gasteiger partial charge >= 0.3 is 0 Å². The van der Waals surface area contributed by atoms with Crippen LogP contribution in [0.2, 0.25) is 0 Å². The number of aryl methyl sites for hydroxylation is 1. The van der Waals surface area contributed by atoms with Crippen molar-refractivity contribution in [3.05, 3.63) is 53.1 Å². The van der Waals surface area contributed by atoms with Crippen molar-refractivity contribution in [3.63, 3.8) is 0 Å². The topological polar surface area (TPSA) is 80.6 Å². The number of anilines is 1. The highest BCUT2D eigenvalue weighted by atomic mass is 16.5. The molecule has 0 atom stereocenters. The number of amides is 1. The maximum absolute atomic E-state index is 12.6. The molecule has 0 aliphatic carbocycles. The number of carbonyl (C=O) groups excluding carboxylic acids is 1. The molecule has 1 N–H and O–H groups in total. The quantitative estimate of drug-likeness (QED) is 0.442. The van der Waals surface area contributed by atoms with Crippen LogP contribution in [0.3, 0.4) is 0 Å². The second kappa shape index (κ2) is 11.5. The van der Waals surface area contributed by atoms with Crippen molar-refractivity contribution in [2.75, 3.05) is 26.1 Å². The van der Waals surface area contributed by atoms with Gasteiger partial charge in [-0.05, 0) is 61.2 Å². The third-order valence-corrected chi connectivity index (χ3v) is 4.48. The molecule has 0 aromatic heterocycles. The van der Waals surface area contributed by atoms with Gasteiger partial charge in [-0.3, -0.25) is 4.79 Å². The Bertz CT molecular complexity index is 902. The smallest absolute Gasteiger partial charge is 0.266 e. The van der Waals surface area contributed by atoms with E-state index in [2.05, 4.69) is 12.2 Å². The number of rotatable bonds is 10. The number of nitrogens with zero attached hydrogens (tertiary/aromatic N) is 1. The zero-order valence-electron chi connectivity index (χ0n) is 18.0. The van der Waals surface area contributed by atoms with E-state index in [9.17, 15) is 10.1 Å². The third kappa shape index (κ3) is 6.02. The minimum atomic E-state index is -0.481. The molecule has 30 heavy (non-hydrogen) atoms. The monoisotopic (exact) mass is 408 g/mol. The van der Waals surface area contributed by atoms with E-state index in [1.165, 1.54) is 25.9 Å². The Hall–Kier alpha value is -3.46. The lowest BCUT2D eigenvalue weighted by atomic mass is 10.1. The van der Waals surface area contributed by atoms with Crippen LogP contribution in [-0.4, -0.2) is 26.7 Å². The first-order valence-electron chi connectivity index (χ1n) is 9.97. The molecule has 0 unspecified atom stereocenters. The number of unbranched alkanes of at least 4 members (excludes halogenated alkanes) is 1. The van der Waals surface area contributed by atoms with Crippen molar-refractivity contribution >= 4 is 17.7 Å². The Labute approximate surface area is 178 Å². The van der Waals surface area contributed by atoms with Gasteiger partial charge in [-0.1, -0.05) is 25.5 Å². The lowest BCUT2D eigenvalue weighted by molar-refractivity contribution is -0.112. The van der Waals surface area contributed by atoms with Gasteiger partial charge in [0.2, 0.25) is 5.75 Å². The van der Waals surface area contributed by atoms with Gasteiger partial charge in [-0.2, -0.15) is 5.26 Å². The Morgan fingerprint density at radius 3 is 2.23 bits per heavy atom. The normalized spacial score (nSPS) is 10.8. The first-order valence-corrected chi connectivity index (χ1v) is 9.97. The Balaban J connectivity index is 2.24. The van der Waals surface area contributed by atoms with Gasteiger partial charge in [0.25, 0.3) is 5.91 Å². The lowest BCUT2D eigenvalue weighted by Gasteiger charge is -2.14. The van der Waals surface area contributed by atoms with E-state index in [0.717, 1.165) is 19.3 Å². The second-order valence-corrected chi connectivity index (χ2v) is 6.61. The summed E-state index contributed by atoms with van der Waals surface area (Å²) in [6.07, 6.45) is 4.76. The molecule has 6 heteroatoms. The molecule has 0 fully saturated rings. The fourth-order valence-electron chi connectivity index (χ4n) is 2.92. The molecule has 0 aliphatic rings. The Morgan fingerprint density at radius 2 is 1.73 bits per heavy atom. The summed E-state index contributed by atoms with van der Waals surface area (Å²) < 4.78 is 16.3. The SMILES string of the molecule is CCCCc1ccc(NC(=O)/C(C#N)=C\c2cc(OC)c(OCC)c(OC)c2)cc1. The first-order chi connectivity index (χ1) is 14.6. The van der Waals surface area contributed by atoms with Crippen LogP contribution >= 0.6 is 0 Å². The molecular weight excluding hydrogens is 380 g/mol. The number of hydrogen-bond donors (Lipinski definition) is 1. The number of ether oxygens (including phenoxy) is 3. The van der Waals surface area contributed by atoms with Gasteiger partial charge in [0.15, 0.2) is 11.5 Å². The van der Waals surface area contributed by atoms with Crippen LogP contribution in [0.15, 0.2) is 42.0 Å². The van der Waals surface area contributed by atoms with Crippen LogP contribution in [0.1, 0.15) is 37.8 Å². The third-order valence-electron chi connectivity index (χ3n) is 4.48. The maximum atomic E-state index is 12.6. The van der Waals surface area contributed by atoms with Crippen molar-refractivity contribution in [2.24, 2.45) is 0 Å². The molecule has 0 spiro atoms. The summed E-state index contributed by atoms with van der Waals surface area (Å²) in [5.41, 5.74) is 2.43. The fourth-order valence-corrected chi connectivity index (χ4v) is 2.92. The van der Waals surface area contributed by atoms with Gasteiger partial charge in [0, 0.05) is 5.69 Å². The van der Waals surface area contributed by atoms with Crippen LogP contribution in [0.4, 0.5) is 5.69 Å². The number of carbonyl (C=O) groups is 1. The summed E-state index contributed by atoms with van der Waals surface area (Å²) >= 11 is 0. The van der Waals surface area contributed by atoms with E-state index >= 15 is 0 Å². The molecule has 2 aromatic carbocycles. The fraction of sp³-hybridized carbons (Fsp3) is 0.333. The van der Waals surface area contributed by atoms with E-state index < -0.39 is 5.91 Å². The number of hydrogen-bond acceptors (Lipinski definition) is 5. The molecule has 0 saturated carbocycles. The summed E-state index contributed by atoms with van der Waals surface area (Å²) in [5.74, 6) is 0.919. The van der Waals surface area contributed by atoms with Crippen molar-refractivity contribution < 1.29 is 19.0 Å². The first kappa shape index (κ1) is 22.8. The van der Waals surface area contributed by atoms with Crippen LogP contribution in [0.5, 0.6) is 17.2 Å². The van der Waals surface area contributed by atoms with Crippen molar-refractivity contribution in [2.45, 2.75) is 33.1 Å². The summed E-state index contributed by atoms with van der Waals surface area (Å²) in [6.45, 7) is 4.46. The summed E-state index contributed by atoms with van der Waals surface area (Å²) in [6, 6.07) is 13.0. The molecule has 0 heterocycles. The van der Waals surface area contributed by atoms with Crippen molar-refractivity contribution in [3.8, 4) is 23.3 Å². The predicted octanol–water partition coefficient (Wildman–Crippen LogP) is 4.99. The predicted molar refractivity (Wildman–Crippen MR) is 118 cm³/mol. The summed E-state index contributed by atoms with van der Waals surface area (Å²) in [5, 5.41) is 12.3. The summed E-state index contributed by atoms with van der Waals surface area (Å²) in [4.78, 5) is 12.6. The molecule has 0 radical (unpaired) electrons. The molecule has 158 valence electrons. The van der Waals surface area contributed by atoms with Crippen LogP contribution in [0.25, 0.3) is 6.08 Å². The average Bonchev–Trinajstić information content (AvgIpc) is 2.77. The van der Waals surface area contributed by atoms with E-state index in [0.29, 0.717) is 35.1 Å². The summed E-state index contributed by atoms with van der Waals surface area (Å²) in [7, 11) is 3.04. The number of nitrogens with one attached hydrogen (secondary N) is 1. The van der Waals surface area contributed by atoms with Gasteiger partial charge in [0.05, 0.1) is 20.8 Å². The minimum absolute atomic E-state index is 0.0293. The van der Waals surface area contributed by atoms with Gasteiger partial charge < -0.3 is 19.5 Å². The van der Waals surface area contributed by atoms with E-state index in [1.54, 1.807) is 12.1 Å². The Morgan fingerprint density at radius 1 is 1.10 bits per heavy atom. The molecule has 0 bridgehead atoms. The van der Waals surface area contributed by atoms with E-state index in [4.69, 9.17) is 14.2 Å². The van der Waals surface area contributed by atoms with Crippen LogP contribution < -0.4 is 19.5 Å². The number of nitriles is 1. The minimum Gasteiger partial charge on any atom is -0.493 e. The second-order valence-electron chi connectivity index (χ2n) is 6.61. The number of methoxy groups -OCH3 is 2. The van der Waals surface area contributed by atoms with Crippen molar-refractivity contribution in [1.29, 1.82) is 5.26 Å². The van der Waals surface area contributed by atoms with Crippen LogP contribution in [-0.2, 0) is 11.2 Å². The molecular formula is C24H28N2O4. The molecule has 6 nitrogen and oxygen atoms in total. The zero-order chi connectivity index (χ0) is 21.9. The highest BCUT2D eigenvalue weighted by Gasteiger charge is 2.15. The lowest BCUT2D eigenvalue weighted by Crippen LogP contribution is -2.13. The van der Waals surface area contributed by atoms with Gasteiger partial charge in [0.1, 0.15) is 11.6 Å². The zero-order valence-corrected chi connectivity index (χ0v) is 18.0.